The Morgan fingerprint density at radius 2 is 2.29 bits per heavy atom. The molecule has 1 amide bonds. The molecule has 116 valence electrons. The van der Waals surface area contributed by atoms with Crippen LogP contribution in [-0.4, -0.2) is 43.0 Å². The summed E-state index contributed by atoms with van der Waals surface area (Å²) < 4.78 is 10.3. The minimum atomic E-state index is -0.378. The first-order valence-electron chi connectivity index (χ1n) is 7.16. The highest BCUT2D eigenvalue weighted by Crippen LogP contribution is 2.19. The molecule has 6 heteroatoms. The number of methoxy groups -OCH3 is 1. The van der Waals surface area contributed by atoms with Crippen LogP contribution < -0.4 is 5.32 Å². The van der Waals surface area contributed by atoms with Gasteiger partial charge in [0, 0.05) is 19.5 Å². The van der Waals surface area contributed by atoms with Crippen molar-refractivity contribution < 1.29 is 18.7 Å². The summed E-state index contributed by atoms with van der Waals surface area (Å²) >= 11 is 0. The Morgan fingerprint density at radius 1 is 1.52 bits per heavy atom. The number of likely N-dealkylation sites (tertiary alicyclic amines) is 1. The lowest BCUT2D eigenvalue weighted by atomic mass is 10.1. The lowest BCUT2D eigenvalue weighted by Gasteiger charge is -2.32. The zero-order valence-electron chi connectivity index (χ0n) is 12.8. The van der Waals surface area contributed by atoms with Crippen LogP contribution in [0.25, 0.3) is 0 Å². The van der Waals surface area contributed by atoms with Crippen molar-refractivity contribution in [2.24, 2.45) is 0 Å². The summed E-state index contributed by atoms with van der Waals surface area (Å²) in [6, 6.07) is 1.93. The Balaban J connectivity index is 1.98. The van der Waals surface area contributed by atoms with Gasteiger partial charge >= 0.3 is 5.97 Å². The van der Waals surface area contributed by atoms with E-state index < -0.39 is 0 Å². The number of aryl methyl sites for hydroxylation is 1. The number of hydrogen-bond acceptors (Lipinski definition) is 5. The lowest BCUT2D eigenvalue weighted by molar-refractivity contribution is -0.120. The molecule has 1 aliphatic heterocycles. The van der Waals surface area contributed by atoms with E-state index in [1.54, 1.807) is 13.0 Å². The third kappa shape index (κ3) is 4.07. The van der Waals surface area contributed by atoms with Crippen LogP contribution in [0.5, 0.6) is 0 Å². The van der Waals surface area contributed by atoms with Gasteiger partial charge in [-0.15, -0.1) is 0 Å². The van der Waals surface area contributed by atoms with E-state index in [9.17, 15) is 9.59 Å². The predicted octanol–water partition coefficient (Wildman–Crippen LogP) is 1.48. The average molecular weight is 294 g/mol. The Labute approximate surface area is 124 Å². The molecule has 0 bridgehead atoms. The first-order valence-corrected chi connectivity index (χ1v) is 7.16. The Kier molecular flexibility index (Phi) is 5.01. The van der Waals surface area contributed by atoms with Crippen molar-refractivity contribution in [3.05, 3.63) is 23.2 Å². The number of carbonyl (C=O) groups is 2. The summed E-state index contributed by atoms with van der Waals surface area (Å²) in [6.07, 6.45) is 2.04. The van der Waals surface area contributed by atoms with Crippen molar-refractivity contribution in [3.8, 4) is 0 Å². The molecule has 1 saturated heterocycles. The molecule has 1 fully saturated rings. The van der Waals surface area contributed by atoms with Gasteiger partial charge in [-0.25, -0.2) is 4.79 Å². The molecule has 2 rings (SSSR count). The van der Waals surface area contributed by atoms with Crippen molar-refractivity contribution in [1.29, 1.82) is 0 Å². The van der Waals surface area contributed by atoms with Gasteiger partial charge in [0.1, 0.15) is 17.1 Å². The van der Waals surface area contributed by atoms with E-state index in [-0.39, 0.29) is 17.9 Å². The van der Waals surface area contributed by atoms with Gasteiger partial charge in [0.05, 0.1) is 13.7 Å². The van der Waals surface area contributed by atoms with Gasteiger partial charge in [0.25, 0.3) is 0 Å². The van der Waals surface area contributed by atoms with Crippen LogP contribution in [0.1, 0.15) is 41.6 Å². The molecule has 21 heavy (non-hydrogen) atoms. The molecule has 0 aliphatic carbocycles. The van der Waals surface area contributed by atoms with Crippen LogP contribution in [-0.2, 0) is 16.1 Å². The summed E-state index contributed by atoms with van der Waals surface area (Å²) in [6.45, 7) is 5.69. The van der Waals surface area contributed by atoms with E-state index in [0.29, 0.717) is 17.9 Å². The number of carbonyl (C=O) groups excluding carboxylic acids is 2. The number of esters is 1. The van der Waals surface area contributed by atoms with Crippen molar-refractivity contribution in [3.63, 3.8) is 0 Å². The second-order valence-corrected chi connectivity index (χ2v) is 5.45. The van der Waals surface area contributed by atoms with Crippen molar-refractivity contribution in [2.45, 2.75) is 39.3 Å². The van der Waals surface area contributed by atoms with Gasteiger partial charge in [-0.3, -0.25) is 9.69 Å². The fourth-order valence-electron chi connectivity index (χ4n) is 2.76. The number of nitrogens with one attached hydrogen (secondary N) is 1. The number of nitrogens with zero attached hydrogens (tertiary/aromatic N) is 1. The highest BCUT2D eigenvalue weighted by molar-refractivity contribution is 5.90. The van der Waals surface area contributed by atoms with E-state index in [1.807, 2.05) is 0 Å². The molecule has 1 aliphatic rings. The third-order valence-electron chi connectivity index (χ3n) is 3.67. The number of hydrogen-bond donors (Lipinski definition) is 1. The monoisotopic (exact) mass is 294 g/mol. The van der Waals surface area contributed by atoms with E-state index in [2.05, 4.69) is 10.2 Å². The second-order valence-electron chi connectivity index (χ2n) is 5.45. The molecule has 1 unspecified atom stereocenters. The van der Waals surface area contributed by atoms with Crippen molar-refractivity contribution in [1.82, 2.24) is 10.2 Å². The van der Waals surface area contributed by atoms with E-state index in [4.69, 9.17) is 9.15 Å². The normalized spacial score (nSPS) is 19.3. The molecule has 1 aromatic heterocycles. The van der Waals surface area contributed by atoms with Gasteiger partial charge in [0.15, 0.2) is 0 Å². The third-order valence-corrected chi connectivity index (χ3v) is 3.67. The van der Waals surface area contributed by atoms with Crippen LogP contribution >= 0.6 is 0 Å². The Hall–Kier alpha value is -1.82. The van der Waals surface area contributed by atoms with Crippen molar-refractivity contribution >= 4 is 11.9 Å². The van der Waals surface area contributed by atoms with Crippen LogP contribution in [0, 0.1) is 6.92 Å². The maximum atomic E-state index is 11.6. The molecular weight excluding hydrogens is 272 g/mol. The summed E-state index contributed by atoms with van der Waals surface area (Å²) in [4.78, 5) is 24.9. The lowest BCUT2D eigenvalue weighted by Crippen LogP contribution is -2.46. The molecule has 0 spiro atoms. The van der Waals surface area contributed by atoms with Crippen LogP contribution in [0.4, 0.5) is 0 Å². The zero-order valence-corrected chi connectivity index (χ0v) is 12.8. The molecule has 0 saturated carbocycles. The maximum absolute atomic E-state index is 11.6. The topological polar surface area (TPSA) is 71.8 Å². The fourth-order valence-corrected chi connectivity index (χ4v) is 2.76. The maximum Gasteiger partial charge on any atom is 0.341 e. The van der Waals surface area contributed by atoms with E-state index in [0.717, 1.165) is 31.7 Å². The highest BCUT2D eigenvalue weighted by atomic mass is 16.5. The van der Waals surface area contributed by atoms with E-state index in [1.165, 1.54) is 14.0 Å². The SMILES string of the molecule is COC(=O)c1cc(CN2CCCC(NC(C)=O)C2)oc1C. The van der Waals surface area contributed by atoms with Gasteiger partial charge in [0.2, 0.25) is 5.91 Å². The molecule has 2 heterocycles. The number of rotatable bonds is 4. The molecule has 1 aromatic rings. The first kappa shape index (κ1) is 15.6. The number of amides is 1. The second kappa shape index (κ2) is 6.76. The minimum absolute atomic E-state index is 0.00340. The minimum Gasteiger partial charge on any atom is -0.465 e. The average Bonchev–Trinajstić information content (AvgIpc) is 2.78. The predicted molar refractivity (Wildman–Crippen MR) is 76.9 cm³/mol. The van der Waals surface area contributed by atoms with Gasteiger partial charge < -0.3 is 14.5 Å². The fraction of sp³-hybridized carbons (Fsp3) is 0.600. The quantitative estimate of drug-likeness (QED) is 0.852. The molecule has 0 radical (unpaired) electrons. The van der Waals surface area contributed by atoms with Gasteiger partial charge in [-0.2, -0.15) is 0 Å². The van der Waals surface area contributed by atoms with E-state index >= 15 is 0 Å². The Bertz CT molecular complexity index is 524. The Morgan fingerprint density at radius 3 is 2.95 bits per heavy atom. The molecule has 0 aromatic carbocycles. The summed E-state index contributed by atoms with van der Waals surface area (Å²) in [5.41, 5.74) is 0.475. The molecule has 6 nitrogen and oxygen atoms in total. The van der Waals surface area contributed by atoms with Crippen LogP contribution in [0.2, 0.25) is 0 Å². The van der Waals surface area contributed by atoms with Crippen molar-refractivity contribution in [2.75, 3.05) is 20.2 Å². The highest BCUT2D eigenvalue weighted by Gasteiger charge is 2.22. The summed E-state index contributed by atoms with van der Waals surface area (Å²) in [7, 11) is 1.36. The number of ether oxygens (including phenoxy) is 1. The molecular formula is C15H22N2O4. The number of piperidine rings is 1. The van der Waals surface area contributed by atoms with Gasteiger partial charge in [-0.05, 0) is 32.4 Å². The zero-order chi connectivity index (χ0) is 15.4. The summed E-state index contributed by atoms with van der Waals surface area (Å²) in [5.74, 6) is 0.949. The summed E-state index contributed by atoms with van der Waals surface area (Å²) in [5, 5.41) is 2.96. The van der Waals surface area contributed by atoms with Crippen LogP contribution in [0.15, 0.2) is 10.5 Å². The largest absolute Gasteiger partial charge is 0.465 e. The standard InChI is InChI=1S/C15H22N2O4/c1-10-14(15(19)20-3)7-13(21-10)9-17-6-4-5-12(8-17)16-11(2)18/h7,12H,4-6,8-9H2,1-3H3,(H,16,18). The molecule has 1 atom stereocenters. The van der Waals surface area contributed by atoms with Crippen LogP contribution in [0.3, 0.4) is 0 Å². The smallest absolute Gasteiger partial charge is 0.341 e. The molecule has 1 N–H and O–H groups in total. The first-order chi connectivity index (χ1) is 9.99. The van der Waals surface area contributed by atoms with Gasteiger partial charge in [-0.1, -0.05) is 0 Å². The number of furan rings is 1.